The van der Waals surface area contributed by atoms with Gasteiger partial charge in [-0.3, -0.25) is 0 Å². The molecular weight excluding hydrogens is 510 g/mol. The van der Waals surface area contributed by atoms with Gasteiger partial charge in [-0.1, -0.05) is 37.6 Å². The average molecular weight is 537 g/mol. The lowest BCUT2D eigenvalue weighted by Gasteiger charge is -2.53. The molecular formula is C29H26F6O3. The number of benzene rings is 3. The normalized spacial score (nSPS) is 23.1. The van der Waals surface area contributed by atoms with Crippen LogP contribution in [0.4, 0.5) is 26.3 Å². The van der Waals surface area contributed by atoms with Crippen LogP contribution < -0.4 is 4.74 Å². The Kier molecular flexibility index (Phi) is 6.72. The van der Waals surface area contributed by atoms with Crippen LogP contribution in [0, 0.1) is 35.6 Å². The summed E-state index contributed by atoms with van der Waals surface area (Å²) < 4.78 is 103. The summed E-state index contributed by atoms with van der Waals surface area (Å²) in [5.74, 6) is -7.18. The molecule has 6 rings (SSSR count). The van der Waals surface area contributed by atoms with E-state index in [2.05, 4.69) is 11.7 Å². The van der Waals surface area contributed by atoms with E-state index >= 15 is 0 Å². The van der Waals surface area contributed by atoms with E-state index < -0.39 is 52.0 Å². The molecule has 3 aromatic rings. The van der Waals surface area contributed by atoms with E-state index in [9.17, 15) is 26.3 Å². The van der Waals surface area contributed by atoms with Crippen molar-refractivity contribution in [2.45, 2.75) is 51.4 Å². The van der Waals surface area contributed by atoms with Crippen molar-refractivity contribution >= 4 is 0 Å². The first-order valence-electron chi connectivity index (χ1n) is 12.4. The number of fused-ring (bicyclic) bond motifs is 3. The fourth-order valence-corrected chi connectivity index (χ4v) is 5.27. The molecule has 202 valence electrons. The van der Waals surface area contributed by atoms with Crippen LogP contribution in [0.25, 0.3) is 11.1 Å². The molecule has 0 aliphatic carbocycles. The van der Waals surface area contributed by atoms with Crippen LogP contribution in [0.3, 0.4) is 0 Å². The standard InChI is InChI=1S/C29H26F6O3/c1-3-8-27-9-10-28(36-15-27,37-16-27)20-6-4-18(5-7-20)19-11-24(32)26(25(33)12-19)29(34,35)38-21-13-22(30)17(2)23(31)14-21/h4-7,11-14H,3,8-10,15-16H2,1-2H3. The molecule has 0 saturated carbocycles. The summed E-state index contributed by atoms with van der Waals surface area (Å²) in [6, 6.07) is 9.24. The Morgan fingerprint density at radius 2 is 1.39 bits per heavy atom. The highest BCUT2D eigenvalue weighted by atomic mass is 19.3. The first-order chi connectivity index (χ1) is 18.0. The number of alkyl halides is 2. The Morgan fingerprint density at radius 3 is 1.89 bits per heavy atom. The van der Waals surface area contributed by atoms with Gasteiger partial charge in [0.1, 0.15) is 34.6 Å². The second kappa shape index (κ2) is 9.61. The maximum absolute atomic E-state index is 14.8. The van der Waals surface area contributed by atoms with E-state index in [1.807, 2.05) is 0 Å². The average Bonchev–Trinajstić information content (AvgIpc) is 2.87. The molecule has 0 N–H and O–H groups in total. The number of ether oxygens (including phenoxy) is 3. The molecule has 3 aromatic carbocycles. The summed E-state index contributed by atoms with van der Waals surface area (Å²) >= 11 is 0. The zero-order valence-electron chi connectivity index (χ0n) is 20.9. The molecule has 3 nitrogen and oxygen atoms in total. The predicted molar refractivity (Wildman–Crippen MR) is 128 cm³/mol. The van der Waals surface area contributed by atoms with Crippen molar-refractivity contribution in [3.8, 4) is 16.9 Å². The molecule has 3 saturated heterocycles. The van der Waals surface area contributed by atoms with Gasteiger partial charge >= 0.3 is 6.11 Å². The largest absolute Gasteiger partial charge is 0.432 e. The molecule has 0 aromatic heterocycles. The van der Waals surface area contributed by atoms with Crippen LogP contribution in [-0.4, -0.2) is 13.2 Å². The number of hydrogen-bond donors (Lipinski definition) is 0. The monoisotopic (exact) mass is 536 g/mol. The Balaban J connectivity index is 1.37. The highest BCUT2D eigenvalue weighted by Crippen LogP contribution is 2.51. The van der Waals surface area contributed by atoms with Crippen molar-refractivity contribution < 1.29 is 40.6 Å². The van der Waals surface area contributed by atoms with Gasteiger partial charge < -0.3 is 14.2 Å². The van der Waals surface area contributed by atoms with Crippen LogP contribution in [0.2, 0.25) is 0 Å². The lowest BCUT2D eigenvalue weighted by Crippen LogP contribution is -2.53. The van der Waals surface area contributed by atoms with Crippen molar-refractivity contribution in [1.82, 2.24) is 0 Å². The van der Waals surface area contributed by atoms with E-state index in [-0.39, 0.29) is 11.0 Å². The van der Waals surface area contributed by atoms with Gasteiger partial charge in [-0.05, 0) is 43.0 Å². The molecule has 38 heavy (non-hydrogen) atoms. The van der Waals surface area contributed by atoms with E-state index in [0.717, 1.165) is 43.9 Å². The summed E-state index contributed by atoms with van der Waals surface area (Å²) in [4.78, 5) is 0. The minimum Gasteiger partial charge on any atom is -0.429 e. The summed E-state index contributed by atoms with van der Waals surface area (Å²) in [7, 11) is 0. The molecule has 9 heteroatoms. The fourth-order valence-electron chi connectivity index (χ4n) is 5.27. The minimum absolute atomic E-state index is 0.0205. The maximum atomic E-state index is 14.8. The van der Waals surface area contributed by atoms with Crippen molar-refractivity contribution in [2.75, 3.05) is 13.2 Å². The zero-order chi connectivity index (χ0) is 27.3. The smallest absolute Gasteiger partial charge is 0.429 e. The lowest BCUT2D eigenvalue weighted by atomic mass is 9.74. The Morgan fingerprint density at radius 1 is 0.816 bits per heavy atom. The molecule has 2 bridgehead atoms. The van der Waals surface area contributed by atoms with Gasteiger partial charge in [-0.25, -0.2) is 17.6 Å². The van der Waals surface area contributed by atoms with Gasteiger partial charge in [0, 0.05) is 35.1 Å². The van der Waals surface area contributed by atoms with Gasteiger partial charge in [-0.2, -0.15) is 8.78 Å². The quantitative estimate of drug-likeness (QED) is 0.286. The molecule has 0 amide bonds. The third-order valence-corrected chi connectivity index (χ3v) is 7.48. The van der Waals surface area contributed by atoms with Crippen LogP contribution in [0.1, 0.15) is 49.3 Å². The first kappa shape index (κ1) is 26.6. The minimum atomic E-state index is -4.53. The van der Waals surface area contributed by atoms with Gasteiger partial charge in [0.25, 0.3) is 0 Å². The predicted octanol–water partition coefficient (Wildman–Crippen LogP) is 8.13. The van der Waals surface area contributed by atoms with Crippen LogP contribution >= 0.6 is 0 Å². The van der Waals surface area contributed by atoms with Gasteiger partial charge in [-0.15, -0.1) is 0 Å². The molecule has 0 radical (unpaired) electrons. The van der Waals surface area contributed by atoms with E-state index in [0.29, 0.717) is 37.3 Å². The van der Waals surface area contributed by atoms with E-state index in [1.54, 1.807) is 24.3 Å². The Bertz CT molecular complexity index is 1280. The number of halogens is 6. The first-order valence-corrected chi connectivity index (χ1v) is 12.4. The Labute approximate surface area is 216 Å². The third-order valence-electron chi connectivity index (χ3n) is 7.48. The second-order valence-corrected chi connectivity index (χ2v) is 10.1. The highest BCUT2D eigenvalue weighted by molar-refractivity contribution is 5.65. The topological polar surface area (TPSA) is 27.7 Å². The summed E-state index contributed by atoms with van der Waals surface area (Å²) in [5, 5.41) is 0. The number of hydrogen-bond acceptors (Lipinski definition) is 3. The van der Waals surface area contributed by atoms with Gasteiger partial charge in [0.2, 0.25) is 0 Å². The summed E-state index contributed by atoms with van der Waals surface area (Å²) in [6.45, 7) is 4.43. The molecule has 3 aliphatic heterocycles. The van der Waals surface area contributed by atoms with Crippen molar-refractivity contribution in [3.63, 3.8) is 0 Å². The van der Waals surface area contributed by atoms with Crippen LogP contribution in [-0.2, 0) is 21.4 Å². The van der Waals surface area contributed by atoms with Crippen molar-refractivity contribution in [1.29, 1.82) is 0 Å². The molecule has 0 unspecified atom stereocenters. The maximum Gasteiger partial charge on any atom is 0.432 e. The summed E-state index contributed by atoms with van der Waals surface area (Å²) in [5.41, 5.74) is -0.856. The third kappa shape index (κ3) is 4.66. The SMILES string of the molecule is CCCC12CCC(c3ccc(-c4cc(F)c(C(F)(F)Oc5cc(F)c(C)c(F)c5)c(F)c4)cc3)(OC1)OC2. The zero-order valence-corrected chi connectivity index (χ0v) is 20.9. The molecule has 3 fully saturated rings. The fraction of sp³-hybridized carbons (Fsp3) is 0.379. The summed E-state index contributed by atoms with van der Waals surface area (Å²) in [6.07, 6.45) is -0.806. The van der Waals surface area contributed by atoms with Gasteiger partial charge in [0.15, 0.2) is 5.79 Å². The van der Waals surface area contributed by atoms with E-state index in [4.69, 9.17) is 9.47 Å². The second-order valence-electron chi connectivity index (χ2n) is 10.1. The van der Waals surface area contributed by atoms with Crippen LogP contribution in [0.15, 0.2) is 48.5 Å². The lowest BCUT2D eigenvalue weighted by molar-refractivity contribution is -0.351. The number of rotatable bonds is 7. The van der Waals surface area contributed by atoms with Crippen molar-refractivity contribution in [3.05, 3.63) is 88.5 Å². The van der Waals surface area contributed by atoms with Gasteiger partial charge in [0.05, 0.1) is 13.2 Å². The highest BCUT2D eigenvalue weighted by Gasteiger charge is 2.51. The molecule has 3 heterocycles. The molecule has 0 spiro atoms. The van der Waals surface area contributed by atoms with Crippen LogP contribution in [0.5, 0.6) is 5.75 Å². The van der Waals surface area contributed by atoms with E-state index in [1.165, 1.54) is 0 Å². The Hall–Kier alpha value is -3.04. The molecule has 3 aliphatic rings. The van der Waals surface area contributed by atoms with Crippen molar-refractivity contribution in [2.24, 2.45) is 5.41 Å². The molecule has 0 atom stereocenters.